The molecule has 4 nitrogen and oxygen atoms in total. The maximum Gasteiger partial charge on any atom is 0.251 e. The molecule has 1 heterocycles. The first-order valence-corrected chi connectivity index (χ1v) is 11.9. The fourth-order valence-electron chi connectivity index (χ4n) is 4.12. The zero-order chi connectivity index (χ0) is 24.6. The summed E-state index contributed by atoms with van der Waals surface area (Å²) in [6, 6.07) is 15.6. The van der Waals surface area contributed by atoms with Crippen molar-refractivity contribution in [2.45, 2.75) is 36.3 Å². The fraction of sp³-hybridized carbons (Fsp3) is 0.231. The van der Waals surface area contributed by atoms with Crippen LogP contribution in [0.2, 0.25) is 0 Å². The molecule has 0 saturated carbocycles. The van der Waals surface area contributed by atoms with Crippen molar-refractivity contribution in [3.63, 3.8) is 0 Å². The van der Waals surface area contributed by atoms with Crippen molar-refractivity contribution in [3.8, 4) is 0 Å². The normalized spacial score (nSPS) is 16.3. The van der Waals surface area contributed by atoms with Crippen molar-refractivity contribution in [2.75, 3.05) is 4.90 Å². The van der Waals surface area contributed by atoms with E-state index >= 15 is 0 Å². The number of fused-ring (bicyclic) bond motifs is 1. The largest absolute Gasteiger partial charge is 0.348 e. The molecule has 0 aromatic heterocycles. The van der Waals surface area contributed by atoms with Crippen LogP contribution in [0.3, 0.4) is 0 Å². The minimum absolute atomic E-state index is 0.0922. The molecule has 1 unspecified atom stereocenters. The van der Waals surface area contributed by atoms with Crippen LogP contribution in [-0.4, -0.2) is 15.9 Å². The third-order valence-corrected chi connectivity index (χ3v) is 8.15. The fourth-order valence-corrected chi connectivity index (χ4v) is 5.06. The van der Waals surface area contributed by atoms with Gasteiger partial charge >= 0.3 is 0 Å². The van der Waals surface area contributed by atoms with Crippen LogP contribution in [0.25, 0.3) is 0 Å². The topological polar surface area (TPSA) is 49.4 Å². The average Bonchev–Trinajstić information content (AvgIpc) is 2.98. The van der Waals surface area contributed by atoms with Crippen LogP contribution >= 0.6 is 22.6 Å². The van der Waals surface area contributed by atoms with Gasteiger partial charge in [-0.2, -0.15) is 0 Å². The van der Waals surface area contributed by atoms with Gasteiger partial charge in [0.15, 0.2) is 0 Å². The maximum absolute atomic E-state index is 13.9. The highest BCUT2D eigenvalue weighted by Gasteiger charge is 2.45. The molecule has 8 heteroatoms. The van der Waals surface area contributed by atoms with Gasteiger partial charge in [0.25, 0.3) is 5.91 Å². The van der Waals surface area contributed by atoms with Gasteiger partial charge in [-0.05, 0) is 23.3 Å². The van der Waals surface area contributed by atoms with Crippen molar-refractivity contribution in [1.82, 2.24) is 5.32 Å². The highest BCUT2D eigenvalue weighted by Crippen LogP contribution is 2.48. The highest BCUT2D eigenvalue weighted by atomic mass is 127. The summed E-state index contributed by atoms with van der Waals surface area (Å²) in [5, 5.41) is 2.48. The number of amides is 2. The number of carbonyl (C=O) groups is 2. The van der Waals surface area contributed by atoms with Gasteiger partial charge in [0.05, 0.1) is 10.5 Å². The predicted octanol–water partition coefficient (Wildman–Crippen LogP) is 5.66. The van der Waals surface area contributed by atoms with Crippen LogP contribution in [0.15, 0.2) is 60.7 Å². The Morgan fingerprint density at radius 2 is 1.65 bits per heavy atom. The van der Waals surface area contributed by atoms with Crippen LogP contribution in [0.5, 0.6) is 0 Å². The van der Waals surface area contributed by atoms with Crippen molar-refractivity contribution < 1.29 is 22.8 Å². The molecule has 2 amide bonds. The molecule has 1 aliphatic rings. The first-order chi connectivity index (χ1) is 16.1. The average molecular weight is 578 g/mol. The van der Waals surface area contributed by atoms with Crippen molar-refractivity contribution in [1.29, 1.82) is 0 Å². The number of rotatable bonds is 5. The summed E-state index contributed by atoms with van der Waals surface area (Å²) in [4.78, 5) is 27.8. The number of anilines is 1. The Morgan fingerprint density at radius 3 is 2.29 bits per heavy atom. The van der Waals surface area contributed by atoms with Crippen LogP contribution in [0, 0.1) is 17.5 Å². The van der Waals surface area contributed by atoms with E-state index in [1.54, 1.807) is 17.0 Å². The zero-order valence-electron chi connectivity index (χ0n) is 18.5. The number of nitrogens with zero attached hydrogens (tertiary/aromatic N) is 1. The Labute approximate surface area is 209 Å². The van der Waals surface area contributed by atoms with Crippen LogP contribution in [-0.2, 0) is 23.2 Å². The molecule has 1 aliphatic heterocycles. The molecule has 0 radical (unpaired) electrons. The van der Waals surface area contributed by atoms with Crippen LogP contribution in [0.1, 0.15) is 40.9 Å². The summed E-state index contributed by atoms with van der Waals surface area (Å²) < 4.78 is 40.8. The molecule has 0 saturated heterocycles. The molecule has 34 heavy (non-hydrogen) atoms. The lowest BCUT2D eigenvalue weighted by Gasteiger charge is -2.28. The number of hydrogen-bond acceptors (Lipinski definition) is 2. The van der Waals surface area contributed by atoms with Crippen LogP contribution < -0.4 is 10.2 Å². The van der Waals surface area contributed by atoms with E-state index in [1.807, 2.05) is 50.2 Å². The van der Waals surface area contributed by atoms with Crippen LogP contribution in [0.4, 0.5) is 18.9 Å². The summed E-state index contributed by atoms with van der Waals surface area (Å²) in [5.41, 5.74) is 1.93. The smallest absolute Gasteiger partial charge is 0.251 e. The third-order valence-electron chi connectivity index (χ3n) is 6.03. The van der Waals surface area contributed by atoms with Gasteiger partial charge in [0.2, 0.25) is 5.91 Å². The van der Waals surface area contributed by atoms with E-state index in [0.29, 0.717) is 17.8 Å². The summed E-state index contributed by atoms with van der Waals surface area (Å²) in [7, 11) is 0. The molecule has 0 spiro atoms. The Morgan fingerprint density at radius 1 is 1.00 bits per heavy atom. The lowest BCUT2D eigenvalue weighted by molar-refractivity contribution is -0.118. The van der Waals surface area contributed by atoms with Gasteiger partial charge in [-0.3, -0.25) is 14.5 Å². The highest BCUT2D eigenvalue weighted by molar-refractivity contribution is 14.1. The second-order valence-electron chi connectivity index (χ2n) is 8.75. The molecule has 0 bridgehead atoms. The van der Waals surface area contributed by atoms with Crippen molar-refractivity contribution in [3.05, 3.63) is 100 Å². The van der Waals surface area contributed by atoms with E-state index in [2.05, 4.69) is 27.9 Å². The Balaban J connectivity index is 1.59. The Hall–Kier alpha value is -2.88. The molecule has 4 rings (SSSR count). The second-order valence-corrected chi connectivity index (χ2v) is 9.93. The Kier molecular flexibility index (Phi) is 6.71. The molecule has 3 aromatic rings. The predicted molar refractivity (Wildman–Crippen MR) is 132 cm³/mol. The SMILES string of the molecule is CC1(C)c2ccc(C(=O)NCc3c(F)cc(F)cc3F)cc2N(C(=O)Cc2ccccc2)C1I. The van der Waals surface area contributed by atoms with Gasteiger partial charge in [-0.25, -0.2) is 13.2 Å². The number of benzene rings is 3. The van der Waals surface area contributed by atoms with Gasteiger partial charge in [-0.15, -0.1) is 0 Å². The monoisotopic (exact) mass is 578 g/mol. The van der Waals surface area contributed by atoms with Gasteiger partial charge in [0.1, 0.15) is 17.5 Å². The van der Waals surface area contributed by atoms with E-state index in [4.69, 9.17) is 0 Å². The summed E-state index contributed by atoms with van der Waals surface area (Å²) in [6.45, 7) is 3.64. The molecular weight excluding hydrogens is 556 g/mol. The number of carbonyl (C=O) groups excluding carboxylic acids is 2. The van der Waals surface area contributed by atoms with Gasteiger partial charge in [0, 0.05) is 40.9 Å². The van der Waals surface area contributed by atoms with E-state index in [9.17, 15) is 22.8 Å². The molecule has 0 fully saturated rings. The van der Waals surface area contributed by atoms with E-state index < -0.39 is 35.5 Å². The summed E-state index contributed by atoms with van der Waals surface area (Å²) >= 11 is 2.24. The molecule has 1 N–H and O–H groups in total. The molecular formula is C26H22F3IN2O2. The lowest BCUT2D eigenvalue weighted by atomic mass is 9.86. The number of nitrogens with one attached hydrogen (secondary N) is 1. The number of hydrogen-bond donors (Lipinski definition) is 1. The maximum atomic E-state index is 13.9. The third kappa shape index (κ3) is 4.55. The van der Waals surface area contributed by atoms with E-state index in [1.165, 1.54) is 0 Å². The molecule has 1 atom stereocenters. The van der Waals surface area contributed by atoms with E-state index in [-0.39, 0.29) is 27.4 Å². The number of halogens is 4. The summed E-state index contributed by atoms with van der Waals surface area (Å²) in [6.07, 6.45) is 0.218. The molecule has 3 aromatic carbocycles. The standard InChI is InChI=1S/C26H22F3IN2O2/c1-26(2)19-9-8-16(24(34)31-14-18-20(28)12-17(27)13-21(18)29)11-22(19)32(25(26)30)23(33)10-15-6-4-3-5-7-15/h3-9,11-13,25H,10,14H2,1-2H3,(H,31,34). The summed E-state index contributed by atoms with van der Waals surface area (Å²) in [5.74, 6) is -3.82. The lowest BCUT2D eigenvalue weighted by Crippen LogP contribution is -2.41. The van der Waals surface area contributed by atoms with E-state index in [0.717, 1.165) is 11.1 Å². The first-order valence-electron chi connectivity index (χ1n) is 10.7. The van der Waals surface area contributed by atoms with Crippen molar-refractivity contribution >= 4 is 40.1 Å². The molecule has 176 valence electrons. The first kappa shape index (κ1) is 24.3. The second kappa shape index (κ2) is 9.40. The minimum Gasteiger partial charge on any atom is -0.348 e. The van der Waals surface area contributed by atoms with Gasteiger partial charge in [-0.1, -0.05) is 72.8 Å². The van der Waals surface area contributed by atoms with Crippen molar-refractivity contribution in [2.24, 2.45) is 0 Å². The Bertz CT molecular complexity index is 1240. The minimum atomic E-state index is -1.07. The molecule has 0 aliphatic carbocycles. The zero-order valence-corrected chi connectivity index (χ0v) is 20.7. The van der Waals surface area contributed by atoms with Gasteiger partial charge < -0.3 is 5.32 Å². The number of alkyl halides is 1. The quantitative estimate of drug-likeness (QED) is 0.241.